The monoisotopic (exact) mass is 375 g/mol. The first-order valence-electron chi connectivity index (χ1n) is 8.67. The van der Waals surface area contributed by atoms with E-state index in [0.717, 1.165) is 17.0 Å². The van der Waals surface area contributed by atoms with E-state index in [2.05, 4.69) is 4.98 Å². The molecule has 1 aromatic carbocycles. The van der Waals surface area contributed by atoms with Crippen LogP contribution < -0.4 is 0 Å². The fourth-order valence-corrected chi connectivity index (χ4v) is 3.05. The van der Waals surface area contributed by atoms with Gasteiger partial charge in [-0.1, -0.05) is 36.4 Å². The zero-order valence-corrected chi connectivity index (χ0v) is 15.6. The molecule has 0 bridgehead atoms. The topological polar surface area (TPSA) is 68.7 Å². The van der Waals surface area contributed by atoms with Crippen LogP contribution in [0, 0.1) is 0 Å². The van der Waals surface area contributed by atoms with Gasteiger partial charge in [0.2, 0.25) is 0 Å². The molecular formula is C20H25NO4S. The third kappa shape index (κ3) is 8.99. The van der Waals surface area contributed by atoms with E-state index in [9.17, 15) is 9.90 Å². The number of aliphatic hydroxyl groups is 1. The second-order valence-electron chi connectivity index (χ2n) is 5.81. The van der Waals surface area contributed by atoms with Gasteiger partial charge < -0.3 is 14.6 Å². The average Bonchev–Trinajstić information content (AvgIpc) is 2.68. The van der Waals surface area contributed by atoms with E-state index in [1.807, 2.05) is 48.5 Å². The van der Waals surface area contributed by atoms with Crippen LogP contribution in [0.4, 0.5) is 0 Å². The van der Waals surface area contributed by atoms with Gasteiger partial charge in [-0.25, -0.2) is 0 Å². The Kier molecular flexibility index (Phi) is 9.79. The minimum absolute atomic E-state index is 0.232. The number of esters is 1. The largest absolute Gasteiger partial charge is 0.461 e. The molecule has 0 fully saturated rings. The van der Waals surface area contributed by atoms with E-state index in [4.69, 9.17) is 9.47 Å². The Labute approximate surface area is 158 Å². The lowest BCUT2D eigenvalue weighted by atomic mass is 10.2. The Morgan fingerprint density at radius 3 is 2.73 bits per heavy atom. The number of nitrogens with zero attached hydrogens (tertiary/aromatic N) is 1. The smallest absolute Gasteiger partial charge is 0.306 e. The van der Waals surface area contributed by atoms with Crippen LogP contribution in [0.3, 0.4) is 0 Å². The SMILES string of the molecule is O=C(CCCOCC(O)CSCc1ccccn1)OCc1ccccc1. The van der Waals surface area contributed by atoms with Crippen LogP contribution in [0.25, 0.3) is 0 Å². The number of rotatable bonds is 12. The molecule has 0 aliphatic rings. The van der Waals surface area contributed by atoms with Gasteiger partial charge in [-0.05, 0) is 24.1 Å². The van der Waals surface area contributed by atoms with E-state index in [0.29, 0.717) is 31.8 Å². The highest BCUT2D eigenvalue weighted by atomic mass is 32.2. The van der Waals surface area contributed by atoms with Crippen molar-refractivity contribution in [3.63, 3.8) is 0 Å². The van der Waals surface area contributed by atoms with Gasteiger partial charge in [0.25, 0.3) is 0 Å². The van der Waals surface area contributed by atoms with Gasteiger partial charge in [0, 0.05) is 30.7 Å². The molecule has 1 aromatic heterocycles. The summed E-state index contributed by atoms with van der Waals surface area (Å²) in [5.41, 5.74) is 1.98. The molecule has 26 heavy (non-hydrogen) atoms. The first-order chi connectivity index (χ1) is 12.7. The van der Waals surface area contributed by atoms with Crippen LogP contribution in [-0.2, 0) is 26.6 Å². The number of aromatic nitrogens is 1. The Morgan fingerprint density at radius 1 is 1.15 bits per heavy atom. The third-order valence-corrected chi connectivity index (χ3v) is 4.63. The van der Waals surface area contributed by atoms with Gasteiger partial charge >= 0.3 is 5.97 Å². The highest BCUT2D eigenvalue weighted by Crippen LogP contribution is 2.11. The minimum atomic E-state index is -0.520. The predicted octanol–water partition coefficient (Wildman–Crippen LogP) is 3.22. The number of pyridine rings is 1. The van der Waals surface area contributed by atoms with E-state index in [-0.39, 0.29) is 12.6 Å². The molecule has 0 aliphatic carbocycles. The number of benzene rings is 1. The number of hydrogen-bond acceptors (Lipinski definition) is 6. The van der Waals surface area contributed by atoms with Gasteiger partial charge in [-0.2, -0.15) is 11.8 Å². The van der Waals surface area contributed by atoms with Crippen LogP contribution in [0.5, 0.6) is 0 Å². The maximum atomic E-state index is 11.7. The maximum absolute atomic E-state index is 11.7. The quantitative estimate of drug-likeness (QED) is 0.454. The van der Waals surface area contributed by atoms with Gasteiger partial charge in [0.05, 0.1) is 18.4 Å². The van der Waals surface area contributed by atoms with E-state index < -0.39 is 6.10 Å². The van der Waals surface area contributed by atoms with Crippen LogP contribution in [-0.4, -0.2) is 41.1 Å². The molecule has 2 aromatic rings. The zero-order chi connectivity index (χ0) is 18.5. The molecule has 1 unspecified atom stereocenters. The molecule has 0 saturated heterocycles. The fraction of sp³-hybridized carbons (Fsp3) is 0.400. The average molecular weight is 375 g/mol. The molecule has 0 spiro atoms. The third-order valence-electron chi connectivity index (χ3n) is 3.51. The summed E-state index contributed by atoms with van der Waals surface area (Å²) in [7, 11) is 0. The number of hydrogen-bond donors (Lipinski definition) is 1. The van der Waals surface area contributed by atoms with Gasteiger partial charge in [-0.15, -0.1) is 0 Å². The van der Waals surface area contributed by atoms with Crippen molar-refractivity contribution < 1.29 is 19.4 Å². The van der Waals surface area contributed by atoms with Crippen molar-refractivity contribution >= 4 is 17.7 Å². The Morgan fingerprint density at radius 2 is 1.96 bits per heavy atom. The fourth-order valence-electron chi connectivity index (χ4n) is 2.18. The Hall–Kier alpha value is -1.89. The van der Waals surface area contributed by atoms with Crippen molar-refractivity contribution in [2.45, 2.75) is 31.3 Å². The molecule has 1 N–H and O–H groups in total. The van der Waals surface area contributed by atoms with Crippen LogP contribution in [0.1, 0.15) is 24.1 Å². The first-order valence-corrected chi connectivity index (χ1v) is 9.82. The molecule has 1 heterocycles. The van der Waals surface area contributed by atoms with Crippen molar-refractivity contribution in [1.82, 2.24) is 4.98 Å². The first kappa shape index (κ1) is 20.4. The standard InChI is InChI=1S/C20H25NO4S/c22-19(16-26-15-18-9-4-5-11-21-18)14-24-12-6-10-20(23)25-13-17-7-2-1-3-8-17/h1-5,7-9,11,19,22H,6,10,12-16H2. The summed E-state index contributed by atoms with van der Waals surface area (Å²) < 4.78 is 10.6. The van der Waals surface area contributed by atoms with Crippen molar-refractivity contribution in [3.05, 3.63) is 66.0 Å². The van der Waals surface area contributed by atoms with Gasteiger partial charge in [0.1, 0.15) is 6.61 Å². The van der Waals surface area contributed by atoms with Crippen molar-refractivity contribution in [2.75, 3.05) is 19.0 Å². The van der Waals surface area contributed by atoms with Crippen molar-refractivity contribution in [1.29, 1.82) is 0 Å². The summed E-state index contributed by atoms with van der Waals surface area (Å²) >= 11 is 1.62. The highest BCUT2D eigenvalue weighted by molar-refractivity contribution is 7.98. The lowest BCUT2D eigenvalue weighted by Crippen LogP contribution is -2.19. The maximum Gasteiger partial charge on any atom is 0.306 e. The molecule has 1 atom stereocenters. The Balaban J connectivity index is 1.44. The molecule has 140 valence electrons. The molecular weight excluding hydrogens is 350 g/mol. The number of thioether (sulfide) groups is 1. The van der Waals surface area contributed by atoms with Crippen molar-refractivity contribution in [2.24, 2.45) is 0 Å². The lowest BCUT2D eigenvalue weighted by Gasteiger charge is -2.11. The summed E-state index contributed by atoms with van der Waals surface area (Å²) in [6, 6.07) is 15.4. The molecule has 5 nitrogen and oxygen atoms in total. The second-order valence-corrected chi connectivity index (χ2v) is 6.85. The van der Waals surface area contributed by atoms with E-state index in [1.54, 1.807) is 18.0 Å². The zero-order valence-electron chi connectivity index (χ0n) is 14.8. The minimum Gasteiger partial charge on any atom is -0.461 e. The number of carbonyl (C=O) groups excluding carboxylic acids is 1. The summed E-state index contributed by atoms with van der Waals surface area (Å²) in [5, 5.41) is 9.89. The molecule has 2 rings (SSSR count). The molecule has 0 saturated carbocycles. The molecule has 0 amide bonds. The molecule has 0 aliphatic heterocycles. The van der Waals surface area contributed by atoms with Gasteiger partial charge in [0.15, 0.2) is 0 Å². The summed E-state index contributed by atoms with van der Waals surface area (Å²) in [4.78, 5) is 15.9. The number of ether oxygens (including phenoxy) is 2. The van der Waals surface area contributed by atoms with Crippen LogP contribution in [0.2, 0.25) is 0 Å². The normalized spacial score (nSPS) is 11.9. The van der Waals surface area contributed by atoms with Gasteiger partial charge in [-0.3, -0.25) is 9.78 Å². The summed E-state index contributed by atoms with van der Waals surface area (Å²) in [5.74, 6) is 1.13. The number of carbonyl (C=O) groups is 1. The Bertz CT molecular complexity index is 624. The molecule has 6 heteroatoms. The number of aliphatic hydroxyl groups excluding tert-OH is 1. The van der Waals surface area contributed by atoms with Crippen molar-refractivity contribution in [3.8, 4) is 0 Å². The summed E-state index contributed by atoms with van der Waals surface area (Å²) in [6.07, 6.45) is 2.15. The summed E-state index contributed by atoms with van der Waals surface area (Å²) in [6.45, 7) is 1.00. The van der Waals surface area contributed by atoms with Crippen LogP contribution >= 0.6 is 11.8 Å². The molecule has 0 radical (unpaired) electrons. The van der Waals surface area contributed by atoms with E-state index in [1.165, 1.54) is 0 Å². The highest BCUT2D eigenvalue weighted by Gasteiger charge is 2.07. The van der Waals surface area contributed by atoms with E-state index >= 15 is 0 Å². The second kappa shape index (κ2) is 12.5. The predicted molar refractivity (Wildman–Crippen MR) is 103 cm³/mol. The lowest BCUT2D eigenvalue weighted by molar-refractivity contribution is -0.145. The van der Waals surface area contributed by atoms with Crippen LogP contribution in [0.15, 0.2) is 54.7 Å².